The zero-order valence-electron chi connectivity index (χ0n) is 11.4. The van der Waals surface area contributed by atoms with E-state index in [-0.39, 0.29) is 16.0 Å². The van der Waals surface area contributed by atoms with Crippen LogP contribution in [-0.4, -0.2) is 38.4 Å². The maximum Gasteiger partial charge on any atom is 0.244 e. The number of fused-ring (bicyclic) bond motifs is 1. The summed E-state index contributed by atoms with van der Waals surface area (Å²) in [5, 5.41) is 12.5. The molecular formula is C14H16ClN3O2S. The molecule has 1 aromatic carbocycles. The summed E-state index contributed by atoms with van der Waals surface area (Å²) in [4.78, 5) is 0.0295. The summed E-state index contributed by atoms with van der Waals surface area (Å²) in [7, 11) is -3.65. The van der Waals surface area contributed by atoms with Gasteiger partial charge in [-0.1, -0.05) is 11.6 Å². The number of halogens is 1. The molecule has 2 aliphatic rings. The van der Waals surface area contributed by atoms with Crippen molar-refractivity contribution in [2.75, 3.05) is 19.6 Å². The third-order valence-corrected chi connectivity index (χ3v) is 6.56. The molecular weight excluding hydrogens is 310 g/mol. The number of piperidine rings is 1. The Morgan fingerprint density at radius 3 is 2.90 bits per heavy atom. The maximum atomic E-state index is 12.8. The fraction of sp³-hybridized carbons (Fsp3) is 0.500. The molecule has 0 bridgehead atoms. The molecule has 112 valence electrons. The lowest BCUT2D eigenvalue weighted by molar-refractivity contribution is 0.339. The van der Waals surface area contributed by atoms with Gasteiger partial charge in [-0.3, -0.25) is 0 Å². The smallest absolute Gasteiger partial charge is 0.244 e. The second kappa shape index (κ2) is 5.58. The van der Waals surface area contributed by atoms with Crippen molar-refractivity contribution >= 4 is 21.6 Å². The van der Waals surface area contributed by atoms with Gasteiger partial charge in [0, 0.05) is 19.1 Å². The van der Waals surface area contributed by atoms with Gasteiger partial charge < -0.3 is 5.32 Å². The number of rotatable bonds is 2. The Kier molecular flexibility index (Phi) is 3.93. The van der Waals surface area contributed by atoms with Crippen LogP contribution in [0.2, 0.25) is 5.02 Å². The fourth-order valence-corrected chi connectivity index (χ4v) is 5.14. The number of benzene rings is 1. The minimum Gasteiger partial charge on any atom is -0.312 e. The van der Waals surface area contributed by atoms with Gasteiger partial charge in [0.25, 0.3) is 0 Å². The van der Waals surface area contributed by atoms with Crippen molar-refractivity contribution in [3.8, 4) is 6.07 Å². The molecule has 2 aliphatic heterocycles. The average Bonchev–Trinajstić information content (AvgIpc) is 2.92. The molecule has 0 unspecified atom stereocenters. The number of hydrogen-bond donors (Lipinski definition) is 1. The van der Waals surface area contributed by atoms with E-state index < -0.39 is 10.0 Å². The summed E-state index contributed by atoms with van der Waals surface area (Å²) in [5.41, 5.74) is 0.299. The van der Waals surface area contributed by atoms with Crippen molar-refractivity contribution in [3.63, 3.8) is 0 Å². The van der Waals surface area contributed by atoms with Crippen LogP contribution in [0.4, 0.5) is 0 Å². The number of sulfonamides is 1. The average molecular weight is 326 g/mol. The predicted molar refractivity (Wildman–Crippen MR) is 79.4 cm³/mol. The molecule has 0 saturated carbocycles. The molecule has 0 amide bonds. The lowest BCUT2D eigenvalue weighted by atomic mass is 9.94. The van der Waals surface area contributed by atoms with E-state index in [0.717, 1.165) is 19.4 Å². The van der Waals surface area contributed by atoms with Gasteiger partial charge in [-0.15, -0.1) is 0 Å². The summed E-state index contributed by atoms with van der Waals surface area (Å²) in [5.74, 6) is 0.367. The van der Waals surface area contributed by atoms with Crippen molar-refractivity contribution in [2.24, 2.45) is 5.92 Å². The standard InChI is InChI=1S/C14H16ClN3O2S/c15-12-4-3-10(7-16)6-14(12)21(19,20)18-8-11-2-1-5-17-13(11)9-18/h3-4,6,11,13,17H,1-2,5,8-9H2/t11-,13+/m0/s1. The van der Waals surface area contributed by atoms with Gasteiger partial charge in [0.15, 0.2) is 0 Å². The molecule has 1 N–H and O–H groups in total. The SMILES string of the molecule is N#Cc1ccc(Cl)c(S(=O)(=O)N2C[C@@H]3CCCN[C@@H]3C2)c1. The summed E-state index contributed by atoms with van der Waals surface area (Å²) in [6.45, 7) is 1.94. The van der Waals surface area contributed by atoms with E-state index in [1.54, 1.807) is 0 Å². The third kappa shape index (κ3) is 2.67. The number of nitriles is 1. The molecule has 2 heterocycles. The molecule has 0 radical (unpaired) electrons. The first kappa shape index (κ1) is 14.8. The van der Waals surface area contributed by atoms with Crippen LogP contribution in [0.1, 0.15) is 18.4 Å². The summed E-state index contributed by atoms with van der Waals surface area (Å²) in [6, 6.07) is 6.52. The largest absolute Gasteiger partial charge is 0.312 e. The minimum atomic E-state index is -3.65. The van der Waals surface area contributed by atoms with Crippen molar-refractivity contribution in [3.05, 3.63) is 28.8 Å². The Labute approximate surface area is 129 Å². The van der Waals surface area contributed by atoms with Gasteiger partial charge >= 0.3 is 0 Å². The maximum absolute atomic E-state index is 12.8. The topological polar surface area (TPSA) is 73.2 Å². The summed E-state index contributed by atoms with van der Waals surface area (Å²) >= 11 is 6.04. The molecule has 3 rings (SSSR count). The zero-order chi connectivity index (χ0) is 15.0. The van der Waals surface area contributed by atoms with Gasteiger partial charge in [0.1, 0.15) is 4.90 Å². The third-order valence-electron chi connectivity index (χ3n) is 4.24. The molecule has 2 saturated heterocycles. The van der Waals surface area contributed by atoms with Gasteiger partial charge in [-0.25, -0.2) is 8.42 Å². The Morgan fingerprint density at radius 1 is 1.38 bits per heavy atom. The van der Waals surface area contributed by atoms with Crippen molar-refractivity contribution in [2.45, 2.75) is 23.8 Å². The van der Waals surface area contributed by atoms with Gasteiger partial charge in [-0.05, 0) is 43.5 Å². The van der Waals surface area contributed by atoms with Gasteiger partial charge in [0.05, 0.1) is 16.7 Å². The molecule has 21 heavy (non-hydrogen) atoms. The van der Waals surface area contributed by atoms with E-state index in [1.807, 2.05) is 6.07 Å². The van der Waals surface area contributed by atoms with Crippen molar-refractivity contribution < 1.29 is 8.42 Å². The highest BCUT2D eigenvalue weighted by atomic mass is 35.5. The highest BCUT2D eigenvalue weighted by molar-refractivity contribution is 7.89. The van der Waals surface area contributed by atoms with E-state index in [9.17, 15) is 8.42 Å². The van der Waals surface area contributed by atoms with Crippen LogP contribution < -0.4 is 5.32 Å². The van der Waals surface area contributed by atoms with E-state index >= 15 is 0 Å². The first-order valence-corrected chi connectivity index (χ1v) is 8.77. The summed E-state index contributed by atoms with van der Waals surface area (Å²) < 4.78 is 27.0. The normalized spacial score (nSPS) is 26.3. The van der Waals surface area contributed by atoms with Crippen LogP contribution in [0, 0.1) is 17.2 Å². The molecule has 2 fully saturated rings. The van der Waals surface area contributed by atoms with Gasteiger partial charge in [-0.2, -0.15) is 9.57 Å². The Morgan fingerprint density at radius 2 is 2.19 bits per heavy atom. The Balaban J connectivity index is 1.93. The highest BCUT2D eigenvalue weighted by Gasteiger charge is 2.40. The molecule has 0 spiro atoms. The molecule has 1 aromatic rings. The second-order valence-electron chi connectivity index (χ2n) is 5.54. The van der Waals surface area contributed by atoms with Crippen LogP contribution >= 0.6 is 11.6 Å². The van der Waals surface area contributed by atoms with Gasteiger partial charge in [0.2, 0.25) is 10.0 Å². The van der Waals surface area contributed by atoms with Crippen LogP contribution in [0.5, 0.6) is 0 Å². The number of nitrogens with one attached hydrogen (secondary N) is 1. The van der Waals surface area contributed by atoms with E-state index in [2.05, 4.69) is 5.32 Å². The monoisotopic (exact) mass is 325 g/mol. The lowest BCUT2D eigenvalue weighted by Crippen LogP contribution is -2.41. The minimum absolute atomic E-state index is 0.0295. The molecule has 0 aromatic heterocycles. The van der Waals surface area contributed by atoms with Crippen LogP contribution in [0.25, 0.3) is 0 Å². The molecule has 0 aliphatic carbocycles. The molecule has 7 heteroatoms. The summed E-state index contributed by atoms with van der Waals surface area (Å²) in [6.07, 6.45) is 2.13. The van der Waals surface area contributed by atoms with Crippen LogP contribution in [-0.2, 0) is 10.0 Å². The lowest BCUT2D eigenvalue weighted by Gasteiger charge is -2.24. The first-order valence-electron chi connectivity index (χ1n) is 6.95. The van der Waals surface area contributed by atoms with Crippen molar-refractivity contribution in [1.82, 2.24) is 9.62 Å². The number of hydrogen-bond acceptors (Lipinski definition) is 4. The highest BCUT2D eigenvalue weighted by Crippen LogP contribution is 2.32. The predicted octanol–water partition coefficient (Wildman–Crippen LogP) is 1.58. The van der Waals surface area contributed by atoms with Crippen LogP contribution in [0.3, 0.4) is 0 Å². The zero-order valence-corrected chi connectivity index (χ0v) is 13.0. The second-order valence-corrected chi connectivity index (χ2v) is 7.86. The van der Waals surface area contributed by atoms with E-state index in [0.29, 0.717) is 24.6 Å². The van der Waals surface area contributed by atoms with Crippen molar-refractivity contribution in [1.29, 1.82) is 5.26 Å². The van der Waals surface area contributed by atoms with E-state index in [4.69, 9.17) is 16.9 Å². The van der Waals surface area contributed by atoms with E-state index in [1.165, 1.54) is 22.5 Å². The number of nitrogens with zero attached hydrogens (tertiary/aromatic N) is 2. The quantitative estimate of drug-likeness (QED) is 0.896. The first-order chi connectivity index (χ1) is 10.0. The van der Waals surface area contributed by atoms with Crippen LogP contribution in [0.15, 0.2) is 23.1 Å². The Bertz CT molecular complexity index is 685. The molecule has 5 nitrogen and oxygen atoms in total. The molecule has 2 atom stereocenters. The Hall–Kier alpha value is -1.13. The fourth-order valence-electron chi connectivity index (χ4n) is 3.11.